The molecular formula is C26H27N3O4. The molecule has 0 spiro atoms. The maximum absolute atomic E-state index is 13.0. The van der Waals surface area contributed by atoms with Crippen molar-refractivity contribution in [2.75, 3.05) is 42.6 Å². The van der Waals surface area contributed by atoms with E-state index in [1.165, 1.54) is 11.3 Å². The third-order valence-electron chi connectivity index (χ3n) is 6.27. The highest BCUT2D eigenvalue weighted by Gasteiger charge is 2.28. The number of piperazine rings is 1. The number of benzene rings is 2. The van der Waals surface area contributed by atoms with E-state index in [0.717, 1.165) is 18.7 Å². The van der Waals surface area contributed by atoms with Gasteiger partial charge in [-0.05, 0) is 55.3 Å². The summed E-state index contributed by atoms with van der Waals surface area (Å²) in [5.41, 5.74) is 4.24. The lowest BCUT2D eigenvalue weighted by molar-refractivity contribution is -0.121. The third-order valence-corrected chi connectivity index (χ3v) is 6.27. The van der Waals surface area contributed by atoms with Crippen LogP contribution in [-0.4, -0.2) is 49.5 Å². The first-order chi connectivity index (χ1) is 16.0. The quantitative estimate of drug-likeness (QED) is 0.611. The van der Waals surface area contributed by atoms with Crippen LogP contribution in [-0.2, 0) is 11.3 Å². The van der Waals surface area contributed by atoms with Crippen molar-refractivity contribution in [3.63, 3.8) is 0 Å². The molecule has 1 fully saturated rings. The molecule has 2 aliphatic rings. The highest BCUT2D eigenvalue weighted by atomic mass is 16.5. The number of rotatable bonds is 4. The van der Waals surface area contributed by atoms with Crippen LogP contribution in [0, 0.1) is 13.8 Å². The standard InChI is InChI=1S/C26H27N3O4/c1-18-7-9-22-24(15-18)32-17-25(30)29(22)16-20-8-10-23(33-20)26(31)28-13-11-27(12-14-28)21-6-4-3-5-19(21)2/h3-10,15H,11-14,16-17H2,1-2H3. The number of carbonyl (C=O) groups is 2. The van der Waals surface area contributed by atoms with Gasteiger partial charge in [-0.15, -0.1) is 0 Å². The van der Waals surface area contributed by atoms with Crippen molar-refractivity contribution >= 4 is 23.2 Å². The van der Waals surface area contributed by atoms with Gasteiger partial charge in [0.1, 0.15) is 11.5 Å². The van der Waals surface area contributed by atoms with E-state index in [4.69, 9.17) is 9.15 Å². The number of para-hydroxylation sites is 1. The number of amides is 2. The molecule has 7 heteroatoms. The summed E-state index contributed by atoms with van der Waals surface area (Å²) in [6, 6.07) is 17.5. The van der Waals surface area contributed by atoms with Crippen LogP contribution in [0.25, 0.3) is 0 Å². The molecule has 0 N–H and O–H groups in total. The summed E-state index contributed by atoms with van der Waals surface area (Å²) in [6.45, 7) is 7.17. The maximum atomic E-state index is 13.0. The number of ether oxygens (including phenoxy) is 1. The molecule has 0 unspecified atom stereocenters. The molecule has 0 atom stereocenters. The van der Waals surface area contributed by atoms with Gasteiger partial charge in [-0.2, -0.15) is 0 Å². The van der Waals surface area contributed by atoms with Gasteiger partial charge in [0, 0.05) is 31.9 Å². The zero-order valence-corrected chi connectivity index (χ0v) is 18.9. The minimum atomic E-state index is -0.136. The fraction of sp³-hybridized carbons (Fsp3) is 0.308. The van der Waals surface area contributed by atoms with E-state index in [0.29, 0.717) is 36.0 Å². The minimum Gasteiger partial charge on any atom is -0.482 e. The average Bonchev–Trinajstić information content (AvgIpc) is 3.29. The smallest absolute Gasteiger partial charge is 0.289 e. The van der Waals surface area contributed by atoms with Gasteiger partial charge in [0.25, 0.3) is 11.8 Å². The van der Waals surface area contributed by atoms with E-state index < -0.39 is 0 Å². The molecule has 0 bridgehead atoms. The van der Waals surface area contributed by atoms with Crippen molar-refractivity contribution in [3.8, 4) is 5.75 Å². The molecule has 2 aliphatic heterocycles. The SMILES string of the molecule is Cc1ccc2c(c1)OCC(=O)N2Cc1ccc(C(=O)N2CCN(c3ccccc3C)CC2)o1. The molecule has 7 nitrogen and oxygen atoms in total. The molecule has 170 valence electrons. The Morgan fingerprint density at radius 1 is 0.939 bits per heavy atom. The normalized spacial score (nSPS) is 15.9. The zero-order valence-electron chi connectivity index (χ0n) is 18.9. The first kappa shape index (κ1) is 21.1. The molecule has 3 aromatic rings. The lowest BCUT2D eigenvalue weighted by Crippen LogP contribution is -2.48. The largest absolute Gasteiger partial charge is 0.482 e. The summed E-state index contributed by atoms with van der Waals surface area (Å²) in [5.74, 6) is 1.31. The Morgan fingerprint density at radius 2 is 1.73 bits per heavy atom. The second-order valence-corrected chi connectivity index (χ2v) is 8.57. The summed E-state index contributed by atoms with van der Waals surface area (Å²) < 4.78 is 11.4. The number of anilines is 2. The summed E-state index contributed by atoms with van der Waals surface area (Å²) in [7, 11) is 0. The number of fused-ring (bicyclic) bond motifs is 1. The van der Waals surface area contributed by atoms with Gasteiger partial charge in [0.2, 0.25) is 0 Å². The number of carbonyl (C=O) groups excluding carboxylic acids is 2. The van der Waals surface area contributed by atoms with Crippen molar-refractivity contribution < 1.29 is 18.7 Å². The Labute approximate surface area is 193 Å². The molecule has 1 aromatic heterocycles. The molecule has 33 heavy (non-hydrogen) atoms. The Kier molecular flexibility index (Phi) is 5.54. The summed E-state index contributed by atoms with van der Waals surface area (Å²) in [6.07, 6.45) is 0. The van der Waals surface area contributed by atoms with Crippen molar-refractivity contribution in [1.29, 1.82) is 0 Å². The van der Waals surface area contributed by atoms with Crippen LogP contribution in [0.3, 0.4) is 0 Å². The van der Waals surface area contributed by atoms with E-state index >= 15 is 0 Å². The fourth-order valence-corrected chi connectivity index (χ4v) is 4.44. The minimum absolute atomic E-state index is 0.00584. The van der Waals surface area contributed by atoms with Gasteiger partial charge in [-0.1, -0.05) is 24.3 Å². The predicted octanol–water partition coefficient (Wildman–Crippen LogP) is 3.78. The number of hydrogen-bond acceptors (Lipinski definition) is 5. The molecule has 2 amide bonds. The third kappa shape index (κ3) is 4.18. The fourth-order valence-electron chi connectivity index (χ4n) is 4.44. The van der Waals surface area contributed by atoms with E-state index in [1.54, 1.807) is 17.0 Å². The van der Waals surface area contributed by atoms with Crippen LogP contribution in [0.1, 0.15) is 27.4 Å². The van der Waals surface area contributed by atoms with Gasteiger partial charge in [0.05, 0.1) is 12.2 Å². The molecule has 2 aromatic carbocycles. The summed E-state index contributed by atoms with van der Waals surface area (Å²) in [4.78, 5) is 31.3. The van der Waals surface area contributed by atoms with Crippen molar-refractivity contribution in [3.05, 3.63) is 77.2 Å². The number of aryl methyl sites for hydroxylation is 2. The summed E-state index contributed by atoms with van der Waals surface area (Å²) in [5, 5.41) is 0. The second kappa shape index (κ2) is 8.65. The highest BCUT2D eigenvalue weighted by Crippen LogP contribution is 2.34. The molecule has 0 radical (unpaired) electrons. The van der Waals surface area contributed by atoms with Crippen molar-refractivity contribution in [1.82, 2.24) is 4.90 Å². The number of hydrogen-bond donors (Lipinski definition) is 0. The van der Waals surface area contributed by atoms with Gasteiger partial charge in [-0.25, -0.2) is 0 Å². The Bertz CT molecular complexity index is 1190. The molecule has 5 rings (SSSR count). The van der Waals surface area contributed by atoms with Gasteiger partial charge in [-0.3, -0.25) is 14.5 Å². The van der Waals surface area contributed by atoms with E-state index in [1.807, 2.05) is 42.2 Å². The molecule has 0 saturated carbocycles. The molecule has 1 saturated heterocycles. The topological polar surface area (TPSA) is 66.2 Å². The van der Waals surface area contributed by atoms with Crippen LogP contribution >= 0.6 is 0 Å². The first-order valence-corrected chi connectivity index (χ1v) is 11.2. The van der Waals surface area contributed by atoms with Crippen LogP contribution in [0.2, 0.25) is 0 Å². The van der Waals surface area contributed by atoms with Gasteiger partial charge < -0.3 is 19.0 Å². The monoisotopic (exact) mass is 445 g/mol. The lowest BCUT2D eigenvalue weighted by atomic mass is 10.1. The van der Waals surface area contributed by atoms with Crippen LogP contribution in [0.4, 0.5) is 11.4 Å². The van der Waals surface area contributed by atoms with Crippen LogP contribution < -0.4 is 14.5 Å². The average molecular weight is 446 g/mol. The predicted molar refractivity (Wildman–Crippen MR) is 126 cm³/mol. The number of furan rings is 1. The maximum Gasteiger partial charge on any atom is 0.289 e. The van der Waals surface area contributed by atoms with E-state index in [9.17, 15) is 9.59 Å². The van der Waals surface area contributed by atoms with Gasteiger partial charge in [0.15, 0.2) is 12.4 Å². The Balaban J connectivity index is 1.25. The number of nitrogens with zero attached hydrogens (tertiary/aromatic N) is 3. The van der Waals surface area contributed by atoms with E-state index in [-0.39, 0.29) is 25.0 Å². The lowest BCUT2D eigenvalue weighted by Gasteiger charge is -2.36. The highest BCUT2D eigenvalue weighted by molar-refractivity contribution is 5.97. The Morgan fingerprint density at radius 3 is 2.52 bits per heavy atom. The molecule has 0 aliphatic carbocycles. The van der Waals surface area contributed by atoms with Crippen LogP contribution in [0.5, 0.6) is 5.75 Å². The Hall–Kier alpha value is -3.74. The first-order valence-electron chi connectivity index (χ1n) is 11.2. The zero-order chi connectivity index (χ0) is 22.9. The second-order valence-electron chi connectivity index (χ2n) is 8.57. The van der Waals surface area contributed by atoms with Gasteiger partial charge >= 0.3 is 0 Å². The van der Waals surface area contributed by atoms with E-state index in [2.05, 4.69) is 24.0 Å². The molecule has 3 heterocycles. The van der Waals surface area contributed by atoms with Crippen molar-refractivity contribution in [2.24, 2.45) is 0 Å². The van der Waals surface area contributed by atoms with Crippen LogP contribution in [0.15, 0.2) is 59.0 Å². The molecular weight excluding hydrogens is 418 g/mol. The van der Waals surface area contributed by atoms with Crippen molar-refractivity contribution in [2.45, 2.75) is 20.4 Å². The summed E-state index contributed by atoms with van der Waals surface area (Å²) >= 11 is 0.